The van der Waals surface area contributed by atoms with Gasteiger partial charge in [0.25, 0.3) is 0 Å². The normalized spacial score (nSPS) is 11.2. The van der Waals surface area contributed by atoms with Gasteiger partial charge in [0.2, 0.25) is 0 Å². The minimum Gasteiger partial charge on any atom is -0.444 e. The van der Waals surface area contributed by atoms with Crippen LogP contribution in [0.1, 0.15) is 26.3 Å². The molecule has 100 valence electrons. The summed E-state index contributed by atoms with van der Waals surface area (Å²) in [6.07, 6.45) is -0.0816. The van der Waals surface area contributed by atoms with E-state index in [2.05, 4.69) is 21.2 Å². The van der Waals surface area contributed by atoms with Gasteiger partial charge in [-0.25, -0.2) is 9.18 Å². The molecule has 1 aromatic carbocycles. The van der Waals surface area contributed by atoms with Crippen LogP contribution in [0, 0.1) is 5.82 Å². The molecule has 0 aliphatic heterocycles. The standard InChI is InChI=1S/C13H17BrFNO2/c1-13(2,3)18-12(17)16-8-7-9-10(14)5-4-6-11(9)15/h4-6H,7-8H2,1-3H3,(H,16,17). The average Bonchev–Trinajstić information content (AvgIpc) is 2.19. The maximum Gasteiger partial charge on any atom is 0.407 e. The van der Waals surface area contributed by atoms with Gasteiger partial charge in [-0.2, -0.15) is 0 Å². The summed E-state index contributed by atoms with van der Waals surface area (Å²) < 4.78 is 19.3. The molecule has 0 bridgehead atoms. The second kappa shape index (κ2) is 6.18. The van der Waals surface area contributed by atoms with E-state index in [4.69, 9.17) is 4.74 Å². The molecule has 0 saturated carbocycles. The van der Waals surface area contributed by atoms with Gasteiger partial charge >= 0.3 is 6.09 Å². The lowest BCUT2D eigenvalue weighted by molar-refractivity contribution is 0.0528. The van der Waals surface area contributed by atoms with Gasteiger partial charge in [0.05, 0.1) is 0 Å². The zero-order valence-corrected chi connectivity index (χ0v) is 12.3. The Morgan fingerprint density at radius 3 is 2.67 bits per heavy atom. The molecule has 1 rings (SSSR count). The lowest BCUT2D eigenvalue weighted by atomic mass is 10.1. The highest BCUT2D eigenvalue weighted by atomic mass is 79.9. The molecule has 0 radical (unpaired) electrons. The number of ether oxygens (including phenoxy) is 1. The van der Waals surface area contributed by atoms with Crippen LogP contribution in [0.2, 0.25) is 0 Å². The monoisotopic (exact) mass is 317 g/mol. The van der Waals surface area contributed by atoms with Gasteiger partial charge in [-0.1, -0.05) is 22.0 Å². The van der Waals surface area contributed by atoms with Gasteiger partial charge < -0.3 is 10.1 Å². The molecule has 18 heavy (non-hydrogen) atoms. The van der Waals surface area contributed by atoms with E-state index in [0.29, 0.717) is 23.0 Å². The number of rotatable bonds is 3. The molecule has 0 atom stereocenters. The number of benzene rings is 1. The van der Waals surface area contributed by atoms with Crippen LogP contribution in [-0.4, -0.2) is 18.2 Å². The highest BCUT2D eigenvalue weighted by Gasteiger charge is 2.15. The summed E-state index contributed by atoms with van der Waals surface area (Å²) in [5, 5.41) is 2.59. The van der Waals surface area contributed by atoms with Gasteiger partial charge in [0, 0.05) is 16.6 Å². The SMILES string of the molecule is CC(C)(C)OC(=O)NCCc1c(F)cccc1Br. The van der Waals surface area contributed by atoms with Gasteiger partial charge in [0.15, 0.2) is 0 Å². The van der Waals surface area contributed by atoms with Crippen LogP contribution in [0.25, 0.3) is 0 Å². The highest BCUT2D eigenvalue weighted by molar-refractivity contribution is 9.10. The maximum absolute atomic E-state index is 13.5. The lowest BCUT2D eigenvalue weighted by Crippen LogP contribution is -2.33. The number of alkyl carbamates (subject to hydrolysis) is 1. The van der Waals surface area contributed by atoms with Gasteiger partial charge in [-0.15, -0.1) is 0 Å². The Balaban J connectivity index is 2.45. The van der Waals surface area contributed by atoms with Crippen molar-refractivity contribution in [3.8, 4) is 0 Å². The van der Waals surface area contributed by atoms with Crippen LogP contribution >= 0.6 is 15.9 Å². The van der Waals surface area contributed by atoms with Crippen molar-refractivity contribution in [2.24, 2.45) is 0 Å². The zero-order valence-electron chi connectivity index (χ0n) is 10.7. The van der Waals surface area contributed by atoms with E-state index in [1.54, 1.807) is 32.9 Å². The van der Waals surface area contributed by atoms with Crippen molar-refractivity contribution in [1.29, 1.82) is 0 Å². The van der Waals surface area contributed by atoms with Gasteiger partial charge in [-0.05, 0) is 39.3 Å². The molecule has 0 fully saturated rings. The Morgan fingerprint density at radius 2 is 2.11 bits per heavy atom. The highest BCUT2D eigenvalue weighted by Crippen LogP contribution is 2.19. The molecule has 0 aromatic heterocycles. The fourth-order valence-corrected chi connectivity index (χ4v) is 1.92. The smallest absolute Gasteiger partial charge is 0.407 e. The summed E-state index contributed by atoms with van der Waals surface area (Å²) in [4.78, 5) is 11.4. The first-order valence-electron chi connectivity index (χ1n) is 5.69. The zero-order chi connectivity index (χ0) is 13.8. The lowest BCUT2D eigenvalue weighted by Gasteiger charge is -2.19. The van der Waals surface area contributed by atoms with Crippen LogP contribution in [0.3, 0.4) is 0 Å². The number of nitrogens with one attached hydrogen (secondary N) is 1. The molecular formula is C13H17BrFNO2. The van der Waals surface area contributed by atoms with Crippen LogP contribution in [0.15, 0.2) is 22.7 Å². The Hall–Kier alpha value is -1.10. The predicted octanol–water partition coefficient (Wildman–Crippen LogP) is 3.66. The number of hydrogen-bond acceptors (Lipinski definition) is 2. The minimum atomic E-state index is -0.525. The topological polar surface area (TPSA) is 38.3 Å². The predicted molar refractivity (Wildman–Crippen MR) is 72.0 cm³/mol. The molecule has 1 aromatic rings. The van der Waals surface area contributed by atoms with Crippen molar-refractivity contribution in [3.05, 3.63) is 34.1 Å². The van der Waals surface area contributed by atoms with Crippen molar-refractivity contribution in [2.45, 2.75) is 32.8 Å². The first-order valence-corrected chi connectivity index (χ1v) is 6.48. The molecular weight excluding hydrogens is 301 g/mol. The first-order chi connectivity index (χ1) is 8.29. The van der Waals surface area contributed by atoms with Crippen LogP contribution in [-0.2, 0) is 11.2 Å². The van der Waals surface area contributed by atoms with E-state index in [1.165, 1.54) is 6.07 Å². The molecule has 3 nitrogen and oxygen atoms in total. The summed E-state index contributed by atoms with van der Waals surface area (Å²) >= 11 is 3.28. The molecule has 1 amide bonds. The van der Waals surface area contributed by atoms with Crippen molar-refractivity contribution >= 4 is 22.0 Å². The second-order valence-corrected chi connectivity index (χ2v) is 5.73. The van der Waals surface area contributed by atoms with E-state index >= 15 is 0 Å². The molecule has 1 N–H and O–H groups in total. The second-order valence-electron chi connectivity index (χ2n) is 4.88. The Labute approximate surface area is 115 Å². The largest absolute Gasteiger partial charge is 0.444 e. The van der Waals surface area contributed by atoms with Crippen LogP contribution < -0.4 is 5.32 Å². The molecule has 5 heteroatoms. The number of hydrogen-bond donors (Lipinski definition) is 1. The molecule has 0 aliphatic carbocycles. The fraction of sp³-hybridized carbons (Fsp3) is 0.462. The third-order valence-electron chi connectivity index (χ3n) is 2.10. The summed E-state index contributed by atoms with van der Waals surface area (Å²) in [6, 6.07) is 4.80. The van der Waals surface area contributed by atoms with Gasteiger partial charge in [0.1, 0.15) is 11.4 Å². The van der Waals surface area contributed by atoms with Crippen molar-refractivity contribution in [3.63, 3.8) is 0 Å². The quantitative estimate of drug-likeness (QED) is 0.924. The average molecular weight is 318 g/mol. The molecule has 0 unspecified atom stereocenters. The van der Waals surface area contributed by atoms with Crippen molar-refractivity contribution in [2.75, 3.05) is 6.54 Å². The maximum atomic E-state index is 13.5. The van der Waals surface area contributed by atoms with Crippen LogP contribution in [0.5, 0.6) is 0 Å². The van der Waals surface area contributed by atoms with Crippen molar-refractivity contribution in [1.82, 2.24) is 5.32 Å². The number of carbonyl (C=O) groups excluding carboxylic acids is 1. The van der Waals surface area contributed by atoms with E-state index in [9.17, 15) is 9.18 Å². The third kappa shape index (κ3) is 5.04. The summed E-state index contributed by atoms with van der Waals surface area (Å²) in [5.41, 5.74) is 0.0245. The summed E-state index contributed by atoms with van der Waals surface area (Å²) in [7, 11) is 0. The molecule has 0 saturated heterocycles. The fourth-order valence-electron chi connectivity index (χ4n) is 1.37. The summed E-state index contributed by atoms with van der Waals surface area (Å²) in [6.45, 7) is 5.70. The van der Waals surface area contributed by atoms with Crippen LogP contribution in [0.4, 0.5) is 9.18 Å². The van der Waals surface area contributed by atoms with E-state index < -0.39 is 11.7 Å². The number of amides is 1. The summed E-state index contributed by atoms with van der Waals surface area (Å²) in [5.74, 6) is -0.282. The third-order valence-corrected chi connectivity index (χ3v) is 2.85. The van der Waals surface area contributed by atoms with Crippen molar-refractivity contribution < 1.29 is 13.9 Å². The Kier molecular flexibility index (Phi) is 5.14. The van der Waals surface area contributed by atoms with E-state index in [0.717, 1.165) is 0 Å². The molecule has 0 spiro atoms. The Bertz CT molecular complexity index is 409. The van der Waals surface area contributed by atoms with Gasteiger partial charge in [-0.3, -0.25) is 0 Å². The first kappa shape index (κ1) is 15.0. The number of halogens is 2. The Morgan fingerprint density at radius 1 is 1.44 bits per heavy atom. The number of carbonyl (C=O) groups is 1. The minimum absolute atomic E-state index is 0.282. The van der Waals surface area contributed by atoms with E-state index in [1.807, 2.05) is 0 Å². The molecule has 0 aliphatic rings. The van der Waals surface area contributed by atoms with E-state index in [-0.39, 0.29) is 5.82 Å². The molecule has 0 heterocycles.